The van der Waals surface area contributed by atoms with Crippen LogP contribution < -0.4 is 5.32 Å². The number of carbonyl (C=O) groups excluding carboxylic acids is 1. The molecule has 2 N–H and O–H groups in total. The Bertz CT molecular complexity index is 829. The number of hydrogen-bond donors (Lipinski definition) is 2. The highest BCUT2D eigenvalue weighted by Crippen LogP contribution is 2.30. The van der Waals surface area contributed by atoms with Gasteiger partial charge in [0, 0.05) is 4.88 Å². The summed E-state index contributed by atoms with van der Waals surface area (Å²) in [6.45, 7) is 1.89. The first-order valence-corrected chi connectivity index (χ1v) is 9.79. The highest BCUT2D eigenvalue weighted by molar-refractivity contribution is 8.00. The van der Waals surface area contributed by atoms with Crippen molar-refractivity contribution in [1.29, 1.82) is 0 Å². The van der Waals surface area contributed by atoms with E-state index in [1.807, 2.05) is 31.2 Å². The van der Waals surface area contributed by atoms with Gasteiger partial charge in [0.2, 0.25) is 5.91 Å². The van der Waals surface area contributed by atoms with Crippen LogP contribution in [0.2, 0.25) is 0 Å². The predicted molar refractivity (Wildman–Crippen MR) is 98.8 cm³/mol. The van der Waals surface area contributed by atoms with Crippen LogP contribution in [0.15, 0.2) is 29.4 Å². The first-order valence-electron chi connectivity index (χ1n) is 8.10. The fraction of sp³-hybridized carbons (Fsp3) is 0.353. The summed E-state index contributed by atoms with van der Waals surface area (Å²) in [7, 11) is 0. The summed E-state index contributed by atoms with van der Waals surface area (Å²) in [4.78, 5) is 26.1. The number of aryl methyl sites for hydroxylation is 2. The Morgan fingerprint density at radius 1 is 1.29 bits per heavy atom. The molecule has 0 unspecified atom stereocenters. The molecular weight excluding hydrogens is 340 g/mol. The molecule has 3 aromatic rings. The van der Waals surface area contributed by atoms with Gasteiger partial charge in [0.05, 0.1) is 22.0 Å². The fourth-order valence-corrected chi connectivity index (χ4v) is 4.69. The number of nitrogens with zero attached hydrogens (tertiary/aromatic N) is 2. The minimum atomic E-state index is -0.244. The van der Waals surface area contributed by atoms with Crippen LogP contribution in [0.3, 0.4) is 0 Å². The molecule has 1 aliphatic rings. The van der Waals surface area contributed by atoms with Crippen LogP contribution in [0.25, 0.3) is 11.0 Å². The van der Waals surface area contributed by atoms with Gasteiger partial charge in [-0.1, -0.05) is 23.9 Å². The van der Waals surface area contributed by atoms with Gasteiger partial charge in [-0.25, -0.2) is 9.97 Å². The van der Waals surface area contributed by atoms with Crippen LogP contribution in [0, 0.1) is 0 Å². The topological polar surface area (TPSA) is 70.7 Å². The van der Waals surface area contributed by atoms with E-state index in [4.69, 9.17) is 0 Å². The zero-order valence-corrected chi connectivity index (χ0v) is 15.0. The number of anilines is 1. The van der Waals surface area contributed by atoms with Crippen molar-refractivity contribution in [2.24, 2.45) is 0 Å². The second-order valence-corrected chi connectivity index (χ2v) is 8.32. The number of thioether (sulfide) groups is 1. The molecule has 24 heavy (non-hydrogen) atoms. The third-order valence-electron chi connectivity index (χ3n) is 4.10. The molecule has 2 heterocycles. The monoisotopic (exact) mass is 358 g/mol. The van der Waals surface area contributed by atoms with E-state index < -0.39 is 0 Å². The molecule has 2 aromatic heterocycles. The summed E-state index contributed by atoms with van der Waals surface area (Å²) in [5, 5.41) is 4.20. The highest BCUT2D eigenvalue weighted by Gasteiger charge is 2.20. The summed E-state index contributed by atoms with van der Waals surface area (Å²) in [5.74, 6) is -0.0356. The van der Waals surface area contributed by atoms with Crippen LogP contribution in [-0.4, -0.2) is 26.1 Å². The maximum absolute atomic E-state index is 12.4. The first kappa shape index (κ1) is 15.7. The lowest BCUT2D eigenvalue weighted by atomic mass is 10.0. The van der Waals surface area contributed by atoms with E-state index in [0.717, 1.165) is 34.2 Å². The molecule has 0 radical (unpaired) electrons. The van der Waals surface area contributed by atoms with Crippen molar-refractivity contribution in [3.05, 3.63) is 34.8 Å². The van der Waals surface area contributed by atoms with E-state index >= 15 is 0 Å². The van der Waals surface area contributed by atoms with E-state index in [2.05, 4.69) is 20.3 Å². The summed E-state index contributed by atoms with van der Waals surface area (Å²) in [6.07, 6.45) is 4.54. The third-order valence-corrected chi connectivity index (χ3v) is 6.16. The largest absolute Gasteiger partial charge is 0.333 e. The standard InChI is InChI=1S/C17H18N4OS2/c1-10(23-16-18-11-6-2-3-7-12(11)19-16)15(22)21-17-20-13-8-4-5-9-14(13)24-17/h2-3,6-7,10H,4-5,8-9H2,1H3,(H,18,19)(H,20,21,22)/t10-/m0/s1. The molecule has 0 saturated carbocycles. The lowest BCUT2D eigenvalue weighted by Gasteiger charge is -2.08. The number of rotatable bonds is 4. The van der Waals surface area contributed by atoms with Gasteiger partial charge < -0.3 is 10.3 Å². The normalized spacial score (nSPS) is 15.2. The van der Waals surface area contributed by atoms with Crippen molar-refractivity contribution in [3.8, 4) is 0 Å². The second kappa shape index (κ2) is 6.57. The molecule has 1 amide bonds. The zero-order valence-electron chi connectivity index (χ0n) is 13.3. The first-order chi connectivity index (χ1) is 11.7. The van der Waals surface area contributed by atoms with Gasteiger partial charge in [-0.05, 0) is 44.7 Å². The maximum atomic E-state index is 12.4. The zero-order chi connectivity index (χ0) is 16.5. The molecular formula is C17H18N4OS2. The van der Waals surface area contributed by atoms with E-state index in [0.29, 0.717) is 0 Å². The Morgan fingerprint density at radius 3 is 2.96 bits per heavy atom. The van der Waals surface area contributed by atoms with Gasteiger partial charge in [-0.2, -0.15) is 0 Å². The van der Waals surface area contributed by atoms with Crippen molar-refractivity contribution in [2.75, 3.05) is 5.32 Å². The number of aromatic amines is 1. The number of para-hydroxylation sites is 2. The molecule has 1 atom stereocenters. The minimum absolute atomic E-state index is 0.0356. The quantitative estimate of drug-likeness (QED) is 0.691. The van der Waals surface area contributed by atoms with Crippen molar-refractivity contribution < 1.29 is 4.79 Å². The Hall–Kier alpha value is -1.86. The summed E-state index contributed by atoms with van der Waals surface area (Å²) < 4.78 is 0. The van der Waals surface area contributed by atoms with E-state index in [1.165, 1.54) is 35.2 Å². The number of nitrogens with one attached hydrogen (secondary N) is 2. The van der Waals surface area contributed by atoms with Crippen LogP contribution in [0.1, 0.15) is 30.3 Å². The second-order valence-electron chi connectivity index (χ2n) is 5.90. The van der Waals surface area contributed by atoms with Gasteiger partial charge in [-0.15, -0.1) is 11.3 Å². The number of fused-ring (bicyclic) bond motifs is 2. The van der Waals surface area contributed by atoms with Gasteiger partial charge in [0.1, 0.15) is 0 Å². The Morgan fingerprint density at radius 2 is 2.12 bits per heavy atom. The predicted octanol–water partition coefficient (Wildman–Crippen LogP) is 4.02. The van der Waals surface area contributed by atoms with E-state index in [1.54, 1.807) is 11.3 Å². The highest BCUT2D eigenvalue weighted by atomic mass is 32.2. The number of H-pyrrole nitrogens is 1. The summed E-state index contributed by atoms with van der Waals surface area (Å²) >= 11 is 3.05. The van der Waals surface area contributed by atoms with Gasteiger partial charge in [0.15, 0.2) is 10.3 Å². The number of benzene rings is 1. The molecule has 0 fully saturated rings. The van der Waals surface area contributed by atoms with Crippen LogP contribution in [0.5, 0.6) is 0 Å². The van der Waals surface area contributed by atoms with E-state index in [-0.39, 0.29) is 11.2 Å². The minimum Gasteiger partial charge on any atom is -0.333 e. The lowest BCUT2D eigenvalue weighted by molar-refractivity contribution is -0.115. The molecule has 0 aliphatic heterocycles. The summed E-state index contributed by atoms with van der Waals surface area (Å²) in [5.41, 5.74) is 3.07. The molecule has 0 spiro atoms. The van der Waals surface area contributed by atoms with Crippen LogP contribution in [-0.2, 0) is 17.6 Å². The molecule has 124 valence electrons. The van der Waals surface area contributed by atoms with Crippen molar-refractivity contribution >= 4 is 45.2 Å². The average Bonchev–Trinajstić information content (AvgIpc) is 3.16. The van der Waals surface area contributed by atoms with Crippen LogP contribution in [0.4, 0.5) is 5.13 Å². The van der Waals surface area contributed by atoms with Gasteiger partial charge in [-0.3, -0.25) is 4.79 Å². The number of imidazole rings is 1. The fourth-order valence-electron chi connectivity index (χ4n) is 2.82. The Balaban J connectivity index is 1.42. The SMILES string of the molecule is C[C@H](Sc1nc2ccccc2[nH]1)C(=O)Nc1nc2c(s1)CCCC2. The molecule has 4 rings (SSSR count). The van der Waals surface area contributed by atoms with Crippen molar-refractivity contribution in [1.82, 2.24) is 15.0 Å². The Labute approximate surface area is 148 Å². The smallest absolute Gasteiger partial charge is 0.239 e. The average molecular weight is 358 g/mol. The maximum Gasteiger partial charge on any atom is 0.239 e. The molecule has 7 heteroatoms. The molecule has 0 bridgehead atoms. The molecule has 5 nitrogen and oxygen atoms in total. The van der Waals surface area contributed by atoms with Gasteiger partial charge in [0.25, 0.3) is 0 Å². The number of carbonyl (C=O) groups is 1. The number of aromatic nitrogens is 3. The number of hydrogen-bond acceptors (Lipinski definition) is 5. The molecule has 1 aromatic carbocycles. The third kappa shape index (κ3) is 3.18. The van der Waals surface area contributed by atoms with Crippen molar-refractivity contribution in [2.45, 2.75) is 43.0 Å². The number of thiazole rings is 1. The van der Waals surface area contributed by atoms with Crippen molar-refractivity contribution in [3.63, 3.8) is 0 Å². The Kier molecular flexibility index (Phi) is 4.28. The number of amides is 1. The lowest BCUT2D eigenvalue weighted by Crippen LogP contribution is -2.22. The van der Waals surface area contributed by atoms with Gasteiger partial charge >= 0.3 is 0 Å². The van der Waals surface area contributed by atoms with Crippen LogP contribution >= 0.6 is 23.1 Å². The molecule has 0 saturated heterocycles. The summed E-state index contributed by atoms with van der Waals surface area (Å²) in [6, 6.07) is 7.87. The molecule has 1 aliphatic carbocycles. The van der Waals surface area contributed by atoms with E-state index in [9.17, 15) is 4.79 Å².